The quantitative estimate of drug-likeness (QED) is 0.409. The van der Waals surface area contributed by atoms with E-state index in [1.54, 1.807) is 0 Å². The van der Waals surface area contributed by atoms with Gasteiger partial charge in [-0.2, -0.15) is 0 Å². The highest BCUT2D eigenvalue weighted by molar-refractivity contribution is 5.76. The highest BCUT2D eigenvalue weighted by Crippen LogP contribution is 2.75. The Kier molecular flexibility index (Phi) is 5.73. The number of aliphatic hydroxyl groups excluding tert-OH is 3. The minimum absolute atomic E-state index is 0.00815. The smallest absolute Gasteiger partial charge is 0.310 e. The predicted molar refractivity (Wildman–Crippen MR) is 135 cm³/mol. The molecule has 5 rings (SSSR count). The van der Waals surface area contributed by atoms with Crippen molar-refractivity contribution in [2.24, 2.45) is 56.7 Å². The van der Waals surface area contributed by atoms with E-state index in [1.807, 2.05) is 6.92 Å². The number of aliphatic hydroxyl groups is 3. The first kappa shape index (κ1) is 25.7. The number of hydrogen-bond donors (Lipinski definition) is 4. The highest BCUT2D eigenvalue weighted by atomic mass is 16.4. The lowest BCUT2D eigenvalue weighted by Crippen LogP contribution is -2.68. The zero-order chi connectivity index (χ0) is 25.8. The molecule has 0 radical (unpaired) electrons. The van der Waals surface area contributed by atoms with E-state index in [0.29, 0.717) is 24.2 Å². The summed E-state index contributed by atoms with van der Waals surface area (Å²) in [5, 5.41) is 42.9. The summed E-state index contributed by atoms with van der Waals surface area (Å²) in [5.74, 6) is 0.828. The van der Waals surface area contributed by atoms with Crippen LogP contribution in [-0.4, -0.2) is 45.2 Å². The van der Waals surface area contributed by atoms with Crippen LogP contribution < -0.4 is 0 Å². The SMILES string of the molecule is C[C@@H]1CC[C@]2(C(=O)O)CC[C@]3(C)C(=CCC4[C@@]5(C)C[C@@H](O)[C@H](O)[C@@](C)(CO)C5CC[C@]43C)C2[C@H]1C. The topological polar surface area (TPSA) is 98.0 Å². The van der Waals surface area contributed by atoms with Crippen LogP contribution in [0.4, 0.5) is 0 Å². The van der Waals surface area contributed by atoms with E-state index in [-0.39, 0.29) is 34.7 Å². The Morgan fingerprint density at radius 3 is 2.31 bits per heavy atom. The largest absolute Gasteiger partial charge is 0.481 e. The Hall–Kier alpha value is -0.910. The Morgan fingerprint density at radius 2 is 1.69 bits per heavy atom. The number of allylic oxidation sites excluding steroid dienone is 2. The molecule has 0 aromatic rings. The summed E-state index contributed by atoms with van der Waals surface area (Å²) in [6.07, 6.45) is 7.51. The average Bonchev–Trinajstić information content (AvgIpc) is 2.80. The van der Waals surface area contributed by atoms with Gasteiger partial charge in [-0.3, -0.25) is 4.79 Å². The standard InChI is InChI=1S/C30H48O5/c1-17-9-12-30(25(34)35)14-13-28(5)19(23(30)18(17)2)7-8-22-26(3)15-20(32)24(33)27(4,16-31)21(26)10-11-29(22,28)6/h7,17-18,20-24,31-33H,8-16H2,1-6H3,(H,34,35)/t17-,18+,20-,21?,22?,23?,24+,26+,27+,28-,29-,30+/m1/s1. The van der Waals surface area contributed by atoms with Gasteiger partial charge in [0.15, 0.2) is 0 Å². The van der Waals surface area contributed by atoms with Crippen LogP contribution >= 0.6 is 0 Å². The molecule has 0 amide bonds. The molecular formula is C30H48O5. The van der Waals surface area contributed by atoms with Crippen molar-refractivity contribution in [1.82, 2.24) is 0 Å². The average molecular weight is 489 g/mol. The molecule has 4 fully saturated rings. The van der Waals surface area contributed by atoms with Crippen LogP contribution in [0.1, 0.15) is 92.9 Å². The van der Waals surface area contributed by atoms with Gasteiger partial charge in [0.1, 0.15) is 0 Å². The van der Waals surface area contributed by atoms with Crippen LogP contribution in [0.25, 0.3) is 0 Å². The molecule has 3 unspecified atom stereocenters. The van der Waals surface area contributed by atoms with Gasteiger partial charge in [0.05, 0.1) is 24.2 Å². The fourth-order valence-electron chi connectivity index (χ4n) is 11.0. The van der Waals surface area contributed by atoms with Gasteiger partial charge < -0.3 is 20.4 Å². The number of carboxylic acids is 1. The van der Waals surface area contributed by atoms with Crippen molar-refractivity contribution in [2.45, 2.75) is 105 Å². The van der Waals surface area contributed by atoms with Gasteiger partial charge in [0, 0.05) is 5.41 Å². The molecule has 4 N–H and O–H groups in total. The molecule has 5 heteroatoms. The van der Waals surface area contributed by atoms with Gasteiger partial charge in [-0.25, -0.2) is 0 Å². The van der Waals surface area contributed by atoms with Crippen LogP contribution in [0.5, 0.6) is 0 Å². The summed E-state index contributed by atoms with van der Waals surface area (Å²) < 4.78 is 0. The molecule has 4 saturated carbocycles. The molecule has 0 aliphatic heterocycles. The maximum absolute atomic E-state index is 12.8. The van der Waals surface area contributed by atoms with E-state index in [1.165, 1.54) is 5.57 Å². The summed E-state index contributed by atoms with van der Waals surface area (Å²) in [4.78, 5) is 12.8. The molecule has 0 aromatic carbocycles. The number of fused-ring (bicyclic) bond motifs is 7. The van der Waals surface area contributed by atoms with Crippen molar-refractivity contribution >= 4 is 5.97 Å². The van der Waals surface area contributed by atoms with Crippen LogP contribution in [0, 0.1) is 56.7 Å². The molecule has 0 saturated heterocycles. The Labute approximate surface area is 211 Å². The lowest BCUT2D eigenvalue weighted by molar-refractivity contribution is -0.244. The zero-order valence-electron chi connectivity index (χ0n) is 22.7. The minimum atomic E-state index is -0.907. The molecule has 5 aliphatic carbocycles. The second kappa shape index (κ2) is 7.80. The molecule has 198 valence electrons. The first-order valence-electron chi connectivity index (χ1n) is 14.1. The van der Waals surface area contributed by atoms with E-state index < -0.39 is 29.0 Å². The predicted octanol–water partition coefficient (Wildman–Crippen LogP) is 5.03. The first-order chi connectivity index (χ1) is 16.2. The van der Waals surface area contributed by atoms with Gasteiger partial charge in [0.25, 0.3) is 0 Å². The fraction of sp³-hybridized carbons (Fsp3) is 0.900. The Balaban J connectivity index is 1.62. The Morgan fingerprint density at radius 1 is 1.00 bits per heavy atom. The second-order valence-corrected chi connectivity index (χ2v) is 14.5. The summed E-state index contributed by atoms with van der Waals surface area (Å²) in [6, 6.07) is 0. The summed E-state index contributed by atoms with van der Waals surface area (Å²) in [7, 11) is 0. The molecule has 12 atom stereocenters. The first-order valence-corrected chi connectivity index (χ1v) is 14.1. The fourth-order valence-corrected chi connectivity index (χ4v) is 11.0. The zero-order valence-corrected chi connectivity index (χ0v) is 22.7. The third-order valence-corrected chi connectivity index (χ3v) is 13.5. The molecule has 0 spiro atoms. The number of carbonyl (C=O) groups is 1. The highest BCUT2D eigenvalue weighted by Gasteiger charge is 2.70. The number of carboxylic acid groups (broad SMARTS) is 1. The lowest BCUT2D eigenvalue weighted by Gasteiger charge is -2.71. The van der Waals surface area contributed by atoms with Crippen molar-refractivity contribution in [2.75, 3.05) is 6.61 Å². The van der Waals surface area contributed by atoms with E-state index >= 15 is 0 Å². The van der Waals surface area contributed by atoms with Crippen LogP contribution in [0.3, 0.4) is 0 Å². The van der Waals surface area contributed by atoms with E-state index in [9.17, 15) is 25.2 Å². The summed E-state index contributed by atoms with van der Waals surface area (Å²) in [5.41, 5.74) is -0.214. The monoisotopic (exact) mass is 488 g/mol. The number of rotatable bonds is 2. The van der Waals surface area contributed by atoms with Gasteiger partial charge in [-0.1, -0.05) is 53.2 Å². The maximum atomic E-state index is 12.8. The van der Waals surface area contributed by atoms with Gasteiger partial charge in [-0.15, -0.1) is 0 Å². The molecule has 0 aromatic heterocycles. The molecule has 0 heterocycles. The van der Waals surface area contributed by atoms with E-state index in [2.05, 4.69) is 40.7 Å². The Bertz CT molecular complexity index is 930. The van der Waals surface area contributed by atoms with Crippen molar-refractivity contribution in [3.05, 3.63) is 11.6 Å². The van der Waals surface area contributed by atoms with Crippen LogP contribution in [0.2, 0.25) is 0 Å². The van der Waals surface area contributed by atoms with E-state index in [0.717, 1.165) is 44.9 Å². The van der Waals surface area contributed by atoms with Crippen molar-refractivity contribution < 1.29 is 25.2 Å². The van der Waals surface area contributed by atoms with Crippen molar-refractivity contribution in [1.29, 1.82) is 0 Å². The molecule has 35 heavy (non-hydrogen) atoms. The van der Waals surface area contributed by atoms with Crippen molar-refractivity contribution in [3.8, 4) is 0 Å². The summed E-state index contributed by atoms with van der Waals surface area (Å²) >= 11 is 0. The molecule has 5 aliphatic rings. The third kappa shape index (κ3) is 2.95. The molecular weight excluding hydrogens is 440 g/mol. The van der Waals surface area contributed by atoms with Gasteiger partial charge in [-0.05, 0) is 97.2 Å². The summed E-state index contributed by atoms with van der Waals surface area (Å²) in [6.45, 7) is 13.6. The third-order valence-electron chi connectivity index (χ3n) is 13.5. The van der Waals surface area contributed by atoms with Crippen LogP contribution in [0.15, 0.2) is 11.6 Å². The second-order valence-electron chi connectivity index (χ2n) is 14.5. The minimum Gasteiger partial charge on any atom is -0.481 e. The molecule has 5 nitrogen and oxygen atoms in total. The maximum Gasteiger partial charge on any atom is 0.310 e. The normalized spacial score (nSPS) is 57.7. The van der Waals surface area contributed by atoms with Gasteiger partial charge in [0.2, 0.25) is 0 Å². The van der Waals surface area contributed by atoms with Crippen LogP contribution in [-0.2, 0) is 4.79 Å². The number of aliphatic carboxylic acids is 1. The lowest BCUT2D eigenvalue weighted by atomic mass is 9.33. The van der Waals surface area contributed by atoms with Gasteiger partial charge >= 0.3 is 5.97 Å². The van der Waals surface area contributed by atoms with E-state index in [4.69, 9.17) is 0 Å². The van der Waals surface area contributed by atoms with Crippen molar-refractivity contribution in [3.63, 3.8) is 0 Å². The number of hydrogen-bond acceptors (Lipinski definition) is 4. The molecule has 0 bridgehead atoms.